The van der Waals surface area contributed by atoms with E-state index < -0.39 is 0 Å². The molecular weight excluding hydrogens is 214 g/mol. The number of nitrogens with zero attached hydrogens (tertiary/aromatic N) is 2. The number of nitrogens with one attached hydrogen (secondary N) is 1. The highest BCUT2D eigenvalue weighted by molar-refractivity contribution is 7.13. The first-order valence-corrected chi connectivity index (χ1v) is 6.01. The number of aromatic nitrogens is 2. The van der Waals surface area contributed by atoms with E-state index in [9.17, 15) is 0 Å². The zero-order chi connectivity index (χ0) is 9.97. The van der Waals surface area contributed by atoms with Gasteiger partial charge in [0, 0.05) is 16.3 Å². The molecule has 0 spiro atoms. The van der Waals surface area contributed by atoms with Crippen molar-refractivity contribution in [3.8, 4) is 0 Å². The van der Waals surface area contributed by atoms with Crippen molar-refractivity contribution in [3.63, 3.8) is 0 Å². The Kier molecular flexibility index (Phi) is 2.79. The van der Waals surface area contributed by atoms with E-state index in [2.05, 4.69) is 35.4 Å². The van der Waals surface area contributed by atoms with E-state index in [0.717, 1.165) is 11.7 Å². The molecule has 0 amide bonds. The summed E-state index contributed by atoms with van der Waals surface area (Å²) in [5.74, 6) is 0. The quantitative estimate of drug-likeness (QED) is 0.873. The van der Waals surface area contributed by atoms with E-state index in [-0.39, 0.29) is 0 Å². The van der Waals surface area contributed by atoms with Gasteiger partial charge in [0.2, 0.25) is 5.13 Å². The number of aryl methyl sites for hydroxylation is 2. The SMILES string of the molecule is Cc1cc(CNc2nncs2)c(C)s1. The van der Waals surface area contributed by atoms with Crippen LogP contribution in [0.3, 0.4) is 0 Å². The number of rotatable bonds is 3. The van der Waals surface area contributed by atoms with Crippen LogP contribution in [0.1, 0.15) is 15.3 Å². The fraction of sp³-hybridized carbons (Fsp3) is 0.333. The summed E-state index contributed by atoms with van der Waals surface area (Å²) in [6, 6.07) is 2.22. The maximum absolute atomic E-state index is 3.93. The Hall–Kier alpha value is -0.940. The zero-order valence-corrected chi connectivity index (χ0v) is 9.71. The highest BCUT2D eigenvalue weighted by Gasteiger charge is 2.03. The molecule has 1 N–H and O–H groups in total. The predicted octanol–water partition coefficient (Wildman–Crippen LogP) is 2.83. The summed E-state index contributed by atoms with van der Waals surface area (Å²) >= 11 is 3.36. The van der Waals surface area contributed by atoms with E-state index in [1.807, 2.05) is 11.3 Å². The standard InChI is InChI=1S/C9H11N3S2/c1-6-3-8(7(2)14-6)4-10-9-12-11-5-13-9/h3,5H,4H2,1-2H3,(H,10,12). The van der Waals surface area contributed by atoms with Gasteiger partial charge in [0.15, 0.2) is 0 Å². The summed E-state index contributed by atoms with van der Waals surface area (Å²) in [7, 11) is 0. The van der Waals surface area contributed by atoms with Crippen LogP contribution in [0.15, 0.2) is 11.6 Å². The van der Waals surface area contributed by atoms with Gasteiger partial charge >= 0.3 is 0 Å². The van der Waals surface area contributed by atoms with Gasteiger partial charge in [-0.25, -0.2) is 0 Å². The molecule has 0 saturated heterocycles. The Morgan fingerprint density at radius 1 is 1.43 bits per heavy atom. The summed E-state index contributed by atoms with van der Waals surface area (Å²) in [5, 5.41) is 11.8. The minimum Gasteiger partial charge on any atom is -0.356 e. The zero-order valence-electron chi connectivity index (χ0n) is 8.07. The third-order valence-corrected chi connectivity index (χ3v) is 3.59. The Morgan fingerprint density at radius 3 is 2.86 bits per heavy atom. The molecule has 2 aromatic rings. The monoisotopic (exact) mass is 225 g/mol. The molecule has 0 unspecified atom stereocenters. The van der Waals surface area contributed by atoms with Crippen LogP contribution in [0, 0.1) is 13.8 Å². The maximum atomic E-state index is 3.93. The first kappa shape index (κ1) is 9.61. The molecule has 0 atom stereocenters. The second kappa shape index (κ2) is 4.06. The van der Waals surface area contributed by atoms with Crippen molar-refractivity contribution in [2.75, 3.05) is 5.32 Å². The number of thiophene rings is 1. The first-order valence-electron chi connectivity index (χ1n) is 4.31. The van der Waals surface area contributed by atoms with E-state index in [4.69, 9.17) is 0 Å². The number of anilines is 1. The average molecular weight is 225 g/mol. The van der Waals surface area contributed by atoms with Crippen LogP contribution >= 0.6 is 22.7 Å². The molecule has 0 bridgehead atoms. The van der Waals surface area contributed by atoms with E-state index in [1.54, 1.807) is 5.51 Å². The Bertz CT molecular complexity index is 406. The van der Waals surface area contributed by atoms with Crippen LogP contribution in [0.4, 0.5) is 5.13 Å². The van der Waals surface area contributed by atoms with Crippen LogP contribution in [0.2, 0.25) is 0 Å². The Balaban J connectivity index is 2.01. The third-order valence-electron chi connectivity index (χ3n) is 1.93. The molecule has 0 saturated carbocycles. The summed E-state index contributed by atoms with van der Waals surface area (Å²) in [6.07, 6.45) is 0. The van der Waals surface area contributed by atoms with Crippen molar-refractivity contribution in [1.29, 1.82) is 0 Å². The molecule has 2 aromatic heterocycles. The van der Waals surface area contributed by atoms with Crippen LogP contribution in [0.5, 0.6) is 0 Å². The molecule has 0 aliphatic carbocycles. The summed E-state index contributed by atoms with van der Waals surface area (Å²) < 4.78 is 0. The summed E-state index contributed by atoms with van der Waals surface area (Å²) in [6.45, 7) is 5.12. The molecule has 3 nitrogen and oxygen atoms in total. The van der Waals surface area contributed by atoms with Gasteiger partial charge in [-0.05, 0) is 25.5 Å². The highest BCUT2D eigenvalue weighted by Crippen LogP contribution is 2.21. The lowest BCUT2D eigenvalue weighted by Crippen LogP contribution is -1.98. The van der Waals surface area contributed by atoms with Gasteiger partial charge in [-0.1, -0.05) is 11.3 Å². The molecular formula is C9H11N3S2. The van der Waals surface area contributed by atoms with Crippen molar-refractivity contribution in [1.82, 2.24) is 10.2 Å². The topological polar surface area (TPSA) is 37.8 Å². The lowest BCUT2D eigenvalue weighted by molar-refractivity contribution is 1.05. The van der Waals surface area contributed by atoms with Crippen molar-refractivity contribution in [2.24, 2.45) is 0 Å². The fourth-order valence-electron chi connectivity index (χ4n) is 1.28. The summed E-state index contributed by atoms with van der Waals surface area (Å²) in [5.41, 5.74) is 3.08. The molecule has 0 aromatic carbocycles. The molecule has 0 fully saturated rings. The molecule has 0 aliphatic heterocycles. The molecule has 0 aliphatic rings. The second-order valence-electron chi connectivity index (χ2n) is 3.04. The van der Waals surface area contributed by atoms with E-state index >= 15 is 0 Å². The predicted molar refractivity (Wildman–Crippen MR) is 61.0 cm³/mol. The molecule has 0 radical (unpaired) electrons. The Morgan fingerprint density at radius 2 is 2.29 bits per heavy atom. The van der Waals surface area contributed by atoms with Crippen LogP contribution in [0.25, 0.3) is 0 Å². The largest absolute Gasteiger partial charge is 0.356 e. The minimum atomic E-state index is 0.839. The third kappa shape index (κ3) is 2.10. The van der Waals surface area contributed by atoms with E-state index in [1.165, 1.54) is 26.7 Å². The Labute approximate surface area is 90.8 Å². The van der Waals surface area contributed by atoms with E-state index in [0.29, 0.717) is 0 Å². The van der Waals surface area contributed by atoms with Crippen molar-refractivity contribution in [3.05, 3.63) is 26.9 Å². The lowest BCUT2D eigenvalue weighted by atomic mass is 10.2. The van der Waals surface area contributed by atoms with Gasteiger partial charge in [0.25, 0.3) is 0 Å². The molecule has 74 valence electrons. The average Bonchev–Trinajstić information content (AvgIpc) is 2.72. The van der Waals surface area contributed by atoms with Crippen molar-refractivity contribution >= 4 is 27.8 Å². The van der Waals surface area contributed by atoms with Gasteiger partial charge in [0.1, 0.15) is 5.51 Å². The number of hydrogen-bond acceptors (Lipinski definition) is 5. The molecule has 14 heavy (non-hydrogen) atoms. The lowest BCUT2D eigenvalue weighted by Gasteiger charge is -2.00. The van der Waals surface area contributed by atoms with Gasteiger partial charge in [-0.2, -0.15) is 0 Å². The van der Waals surface area contributed by atoms with Crippen molar-refractivity contribution < 1.29 is 0 Å². The van der Waals surface area contributed by atoms with Gasteiger partial charge in [-0.15, -0.1) is 21.5 Å². The van der Waals surface area contributed by atoms with Gasteiger partial charge in [-0.3, -0.25) is 0 Å². The molecule has 2 rings (SSSR count). The second-order valence-corrected chi connectivity index (χ2v) is 5.33. The normalized spacial score (nSPS) is 10.4. The van der Waals surface area contributed by atoms with Crippen LogP contribution in [-0.2, 0) is 6.54 Å². The van der Waals surface area contributed by atoms with Crippen LogP contribution < -0.4 is 5.32 Å². The van der Waals surface area contributed by atoms with Crippen molar-refractivity contribution in [2.45, 2.75) is 20.4 Å². The first-order chi connectivity index (χ1) is 6.75. The fourth-order valence-corrected chi connectivity index (χ4v) is 2.67. The molecule has 5 heteroatoms. The van der Waals surface area contributed by atoms with Crippen LogP contribution in [-0.4, -0.2) is 10.2 Å². The number of hydrogen-bond donors (Lipinski definition) is 1. The summed E-state index contributed by atoms with van der Waals surface area (Å²) in [4.78, 5) is 2.73. The van der Waals surface area contributed by atoms with Gasteiger partial charge in [0.05, 0.1) is 0 Å². The van der Waals surface area contributed by atoms with Gasteiger partial charge < -0.3 is 5.32 Å². The molecule has 2 heterocycles. The highest BCUT2D eigenvalue weighted by atomic mass is 32.1. The maximum Gasteiger partial charge on any atom is 0.205 e. The smallest absolute Gasteiger partial charge is 0.205 e. The minimum absolute atomic E-state index is 0.839.